The molecule has 2 aromatic rings. The van der Waals surface area contributed by atoms with Crippen LogP contribution in [0.5, 0.6) is 0 Å². The number of hydrogen-bond acceptors (Lipinski definition) is 7. The first kappa shape index (κ1) is 21.5. The number of nitrogens with one attached hydrogen (secondary N) is 1. The van der Waals surface area contributed by atoms with Gasteiger partial charge < -0.3 is 26.6 Å². The molecule has 2 unspecified atom stereocenters. The van der Waals surface area contributed by atoms with E-state index in [1.807, 2.05) is 30.3 Å². The summed E-state index contributed by atoms with van der Waals surface area (Å²) in [4.78, 5) is 29.7. The van der Waals surface area contributed by atoms with Crippen molar-refractivity contribution in [2.45, 2.75) is 31.0 Å². The molecule has 0 saturated heterocycles. The van der Waals surface area contributed by atoms with Gasteiger partial charge in [-0.1, -0.05) is 43.3 Å². The van der Waals surface area contributed by atoms with Gasteiger partial charge >= 0.3 is 11.9 Å². The molecule has 30 heavy (non-hydrogen) atoms. The normalized spacial score (nSPS) is 21.3. The Labute approximate surface area is 174 Å². The fraction of sp³-hybridized carbons (Fsp3) is 0.318. The van der Waals surface area contributed by atoms with Gasteiger partial charge in [-0.15, -0.1) is 0 Å². The molecule has 2 atom stereocenters. The van der Waals surface area contributed by atoms with E-state index in [2.05, 4.69) is 10.3 Å². The van der Waals surface area contributed by atoms with E-state index in [0.717, 1.165) is 5.56 Å². The molecule has 1 aromatic heterocycles. The molecule has 1 aliphatic rings. The van der Waals surface area contributed by atoms with Crippen molar-refractivity contribution in [2.75, 3.05) is 6.54 Å². The van der Waals surface area contributed by atoms with Gasteiger partial charge in [0.1, 0.15) is 17.7 Å². The molecule has 0 aliphatic carbocycles. The number of nitrogens with zero attached hydrogens (tertiary/aromatic N) is 1. The van der Waals surface area contributed by atoms with Crippen LogP contribution in [-0.4, -0.2) is 34.2 Å². The Morgan fingerprint density at radius 2 is 2.00 bits per heavy atom. The van der Waals surface area contributed by atoms with E-state index < -0.39 is 28.9 Å². The number of carboxylic acid groups (broad SMARTS) is 1. The Balaban J connectivity index is 2.03. The van der Waals surface area contributed by atoms with E-state index in [0.29, 0.717) is 17.7 Å². The molecule has 1 aromatic carbocycles. The minimum atomic E-state index is -1.72. The summed E-state index contributed by atoms with van der Waals surface area (Å²) in [6.45, 7) is 1.86. The number of esters is 1. The minimum absolute atomic E-state index is 0.0107. The zero-order valence-electron chi connectivity index (χ0n) is 16.7. The lowest BCUT2D eigenvalue weighted by atomic mass is 9.67. The maximum Gasteiger partial charge on any atom is 0.319 e. The SMILES string of the molecule is CCC(N)(N)C1=CC(C(=O)O)(c2cccnc2)C(C(=O)OCc2ccccc2)CN1. The second-order valence-corrected chi connectivity index (χ2v) is 7.39. The van der Waals surface area contributed by atoms with Crippen LogP contribution in [0, 0.1) is 5.92 Å². The molecule has 0 radical (unpaired) electrons. The van der Waals surface area contributed by atoms with Crippen LogP contribution in [0.1, 0.15) is 24.5 Å². The number of pyridine rings is 1. The molecule has 6 N–H and O–H groups in total. The van der Waals surface area contributed by atoms with E-state index in [1.54, 1.807) is 19.1 Å². The van der Waals surface area contributed by atoms with Gasteiger partial charge in [0.25, 0.3) is 0 Å². The fourth-order valence-corrected chi connectivity index (χ4v) is 3.57. The van der Waals surface area contributed by atoms with Gasteiger partial charge in [-0.2, -0.15) is 0 Å². The van der Waals surface area contributed by atoms with Crippen molar-refractivity contribution in [3.8, 4) is 0 Å². The third-order valence-corrected chi connectivity index (χ3v) is 5.51. The highest BCUT2D eigenvalue weighted by molar-refractivity contribution is 5.92. The zero-order chi connectivity index (χ0) is 21.8. The van der Waals surface area contributed by atoms with Crippen LogP contribution in [0.4, 0.5) is 0 Å². The molecule has 8 nitrogen and oxygen atoms in total. The summed E-state index contributed by atoms with van der Waals surface area (Å²) >= 11 is 0. The Kier molecular flexibility index (Phi) is 6.19. The van der Waals surface area contributed by atoms with Crippen LogP contribution in [-0.2, 0) is 26.3 Å². The molecule has 0 bridgehead atoms. The molecule has 0 spiro atoms. The van der Waals surface area contributed by atoms with Crippen LogP contribution in [0.3, 0.4) is 0 Å². The van der Waals surface area contributed by atoms with E-state index in [9.17, 15) is 14.7 Å². The highest BCUT2D eigenvalue weighted by Gasteiger charge is 2.53. The summed E-state index contributed by atoms with van der Waals surface area (Å²) in [7, 11) is 0. The maximum atomic E-state index is 13.1. The fourth-order valence-electron chi connectivity index (χ4n) is 3.57. The van der Waals surface area contributed by atoms with E-state index >= 15 is 0 Å². The Morgan fingerprint density at radius 1 is 1.27 bits per heavy atom. The number of hydrogen-bond donors (Lipinski definition) is 4. The van der Waals surface area contributed by atoms with Crippen LogP contribution in [0.25, 0.3) is 0 Å². The monoisotopic (exact) mass is 410 g/mol. The van der Waals surface area contributed by atoms with Gasteiger partial charge in [-0.25, -0.2) is 0 Å². The largest absolute Gasteiger partial charge is 0.480 e. The topological polar surface area (TPSA) is 141 Å². The van der Waals surface area contributed by atoms with Gasteiger partial charge in [0.15, 0.2) is 0 Å². The van der Waals surface area contributed by atoms with Crippen molar-refractivity contribution >= 4 is 11.9 Å². The van der Waals surface area contributed by atoms with Crippen molar-refractivity contribution in [1.29, 1.82) is 0 Å². The van der Waals surface area contributed by atoms with Crippen molar-refractivity contribution in [1.82, 2.24) is 10.3 Å². The molecule has 3 rings (SSSR count). The predicted octanol–water partition coefficient (Wildman–Crippen LogP) is 1.27. The first-order chi connectivity index (χ1) is 14.3. The molecular weight excluding hydrogens is 384 g/mol. The van der Waals surface area contributed by atoms with Gasteiger partial charge in [-0.3, -0.25) is 14.6 Å². The van der Waals surface area contributed by atoms with Gasteiger partial charge in [0.2, 0.25) is 0 Å². The standard InChI is InChI=1S/C22H26N4O4/c1-2-22(23,24)18-11-21(20(28)29,16-9-6-10-25-12-16)17(13-26-18)19(27)30-14-15-7-4-3-5-8-15/h3-12,17,26H,2,13-14,23-24H2,1H3,(H,28,29). The Morgan fingerprint density at radius 3 is 2.60 bits per heavy atom. The van der Waals surface area contributed by atoms with E-state index in [-0.39, 0.29) is 13.2 Å². The summed E-state index contributed by atoms with van der Waals surface area (Å²) in [5, 5.41) is 13.4. The number of nitrogens with two attached hydrogens (primary N) is 2. The van der Waals surface area contributed by atoms with Crippen LogP contribution >= 0.6 is 0 Å². The predicted molar refractivity (Wildman–Crippen MR) is 111 cm³/mol. The van der Waals surface area contributed by atoms with Crippen LogP contribution in [0.2, 0.25) is 0 Å². The summed E-state index contributed by atoms with van der Waals surface area (Å²) < 4.78 is 5.49. The summed E-state index contributed by atoms with van der Waals surface area (Å²) in [6, 6.07) is 12.4. The first-order valence-electron chi connectivity index (χ1n) is 9.70. The first-order valence-corrected chi connectivity index (χ1v) is 9.70. The van der Waals surface area contributed by atoms with Gasteiger partial charge in [0, 0.05) is 24.6 Å². The summed E-state index contributed by atoms with van der Waals surface area (Å²) in [6.07, 6.45) is 4.78. The van der Waals surface area contributed by atoms with Crippen molar-refractivity contribution in [3.05, 3.63) is 77.8 Å². The molecule has 158 valence electrons. The third kappa shape index (κ3) is 4.05. The highest BCUT2D eigenvalue weighted by Crippen LogP contribution is 2.39. The quantitative estimate of drug-likeness (QED) is 0.395. The smallest absolute Gasteiger partial charge is 0.319 e. The number of aromatic nitrogens is 1. The molecular formula is C22H26N4O4. The molecule has 2 heterocycles. The van der Waals surface area contributed by atoms with Gasteiger partial charge in [-0.05, 0) is 29.7 Å². The lowest BCUT2D eigenvalue weighted by Gasteiger charge is -2.41. The van der Waals surface area contributed by atoms with E-state index in [4.69, 9.17) is 16.2 Å². The molecule has 1 aliphatic heterocycles. The zero-order valence-corrected chi connectivity index (χ0v) is 16.7. The number of ether oxygens (including phenoxy) is 1. The lowest BCUT2D eigenvalue weighted by Crippen LogP contribution is -2.61. The number of carboxylic acids is 1. The molecule has 0 saturated carbocycles. The molecule has 0 amide bonds. The number of rotatable bonds is 7. The van der Waals surface area contributed by atoms with Crippen LogP contribution in [0.15, 0.2) is 66.6 Å². The average Bonchev–Trinajstić information content (AvgIpc) is 2.78. The second-order valence-electron chi connectivity index (χ2n) is 7.39. The van der Waals surface area contributed by atoms with Crippen molar-refractivity contribution in [2.24, 2.45) is 17.4 Å². The Bertz CT molecular complexity index is 931. The lowest BCUT2D eigenvalue weighted by molar-refractivity contribution is -0.159. The number of carbonyl (C=O) groups excluding carboxylic acids is 1. The number of benzene rings is 1. The second kappa shape index (κ2) is 8.64. The summed E-state index contributed by atoms with van der Waals surface area (Å²) in [5.41, 5.74) is 10.9. The number of aliphatic carboxylic acids is 1. The van der Waals surface area contributed by atoms with E-state index in [1.165, 1.54) is 18.5 Å². The Hall–Kier alpha value is -3.23. The maximum absolute atomic E-state index is 13.1. The minimum Gasteiger partial charge on any atom is -0.480 e. The average molecular weight is 410 g/mol. The van der Waals surface area contributed by atoms with Gasteiger partial charge in [0.05, 0.1) is 5.92 Å². The van der Waals surface area contributed by atoms with Crippen LogP contribution < -0.4 is 16.8 Å². The molecule has 0 fully saturated rings. The highest BCUT2D eigenvalue weighted by atomic mass is 16.5. The van der Waals surface area contributed by atoms with Crippen molar-refractivity contribution in [3.63, 3.8) is 0 Å². The molecule has 8 heteroatoms. The van der Waals surface area contributed by atoms with Crippen molar-refractivity contribution < 1.29 is 19.4 Å². The summed E-state index contributed by atoms with van der Waals surface area (Å²) in [5.74, 6) is -2.88. The number of carbonyl (C=O) groups is 2. The third-order valence-electron chi connectivity index (χ3n) is 5.51.